The van der Waals surface area contributed by atoms with Crippen LogP contribution in [0, 0.1) is 0 Å². The lowest BCUT2D eigenvalue weighted by atomic mass is 10.3. The number of carbonyl (C=O) groups excluding carboxylic acids is 1. The van der Waals surface area contributed by atoms with Gasteiger partial charge in [0.1, 0.15) is 0 Å². The molecule has 1 amide bonds. The summed E-state index contributed by atoms with van der Waals surface area (Å²) in [6.45, 7) is 11.3. The predicted octanol–water partition coefficient (Wildman–Crippen LogP) is 0.724. The minimum absolute atomic E-state index is 0.00693. The molecule has 0 aliphatic rings. The molecule has 0 fully saturated rings. The molecule has 0 bridgehead atoms. The van der Waals surface area contributed by atoms with Crippen molar-refractivity contribution in [3.63, 3.8) is 0 Å². The summed E-state index contributed by atoms with van der Waals surface area (Å²) in [5.41, 5.74) is 0.980. The van der Waals surface area contributed by atoms with Gasteiger partial charge in [-0.1, -0.05) is 12.2 Å². The van der Waals surface area contributed by atoms with Gasteiger partial charge in [-0.15, -0.1) is 0 Å². The molecule has 0 aromatic rings. The lowest BCUT2D eigenvalue weighted by molar-refractivity contribution is -0.132. The van der Waals surface area contributed by atoms with Crippen molar-refractivity contribution < 1.29 is 9.90 Å². The first-order valence-electron chi connectivity index (χ1n) is 5.65. The second-order valence-corrected chi connectivity index (χ2v) is 4.31. The highest BCUT2D eigenvalue weighted by Gasteiger charge is 2.16. The van der Waals surface area contributed by atoms with Gasteiger partial charge < -0.3 is 10.0 Å². The first kappa shape index (κ1) is 15.1. The number of hydrogen-bond donors (Lipinski definition) is 1. The number of nitrogens with zero attached hydrogens (tertiary/aromatic N) is 2. The largest absolute Gasteiger partial charge is 0.395 e. The van der Waals surface area contributed by atoms with Crippen LogP contribution in [0.25, 0.3) is 0 Å². The number of aliphatic hydroxyl groups excluding tert-OH is 1. The first-order chi connectivity index (χ1) is 7.42. The normalized spacial score (nSPS) is 12.6. The fraction of sp³-hybridized carbons (Fsp3) is 0.750. The Morgan fingerprint density at radius 2 is 2.00 bits per heavy atom. The monoisotopic (exact) mass is 228 g/mol. The molecule has 0 saturated carbocycles. The molecule has 1 N–H and O–H groups in total. The standard InChI is InChI=1S/C12H24N2O2/c1-6-14(7-10(2)3)12(16)8-13(5)11(4)9-15/h11,15H,2,6-9H2,1,3-5H3. The number of hydrogen-bond acceptors (Lipinski definition) is 3. The lowest BCUT2D eigenvalue weighted by Crippen LogP contribution is -2.43. The minimum atomic E-state index is 0.00693. The summed E-state index contributed by atoms with van der Waals surface area (Å²) >= 11 is 0. The zero-order valence-electron chi connectivity index (χ0n) is 10.9. The van der Waals surface area contributed by atoms with Gasteiger partial charge in [0.2, 0.25) is 5.91 Å². The molecule has 94 valence electrons. The number of carbonyl (C=O) groups is 1. The lowest BCUT2D eigenvalue weighted by Gasteiger charge is -2.27. The van der Waals surface area contributed by atoms with Crippen molar-refractivity contribution in [2.75, 3.05) is 33.3 Å². The SMILES string of the molecule is C=C(C)CN(CC)C(=O)CN(C)C(C)CO. The van der Waals surface area contributed by atoms with Crippen LogP contribution in [0.3, 0.4) is 0 Å². The van der Waals surface area contributed by atoms with E-state index in [0.717, 1.165) is 5.57 Å². The van der Waals surface area contributed by atoms with Gasteiger partial charge in [0, 0.05) is 19.1 Å². The van der Waals surface area contributed by atoms with Crippen LogP contribution in [0.2, 0.25) is 0 Å². The third kappa shape index (κ3) is 5.28. The van der Waals surface area contributed by atoms with Crippen molar-refractivity contribution in [3.8, 4) is 0 Å². The summed E-state index contributed by atoms with van der Waals surface area (Å²) in [6.07, 6.45) is 0. The molecule has 1 unspecified atom stereocenters. The van der Waals surface area contributed by atoms with Crippen molar-refractivity contribution in [2.24, 2.45) is 0 Å². The van der Waals surface area contributed by atoms with Crippen molar-refractivity contribution in [1.82, 2.24) is 9.80 Å². The Bertz CT molecular complexity index is 241. The molecule has 16 heavy (non-hydrogen) atoms. The fourth-order valence-electron chi connectivity index (χ4n) is 1.31. The van der Waals surface area contributed by atoms with Gasteiger partial charge >= 0.3 is 0 Å². The third-order valence-corrected chi connectivity index (χ3v) is 2.60. The number of aliphatic hydroxyl groups is 1. The second-order valence-electron chi connectivity index (χ2n) is 4.31. The van der Waals surface area contributed by atoms with Crippen LogP contribution in [0.1, 0.15) is 20.8 Å². The Labute approximate surface area is 98.5 Å². The van der Waals surface area contributed by atoms with E-state index in [1.54, 1.807) is 4.90 Å². The summed E-state index contributed by atoms with van der Waals surface area (Å²) in [5, 5.41) is 8.98. The van der Waals surface area contributed by atoms with Gasteiger partial charge in [0.05, 0.1) is 13.2 Å². The maximum Gasteiger partial charge on any atom is 0.237 e. The molecule has 0 radical (unpaired) electrons. The number of amides is 1. The average molecular weight is 228 g/mol. The van der Waals surface area contributed by atoms with Gasteiger partial charge in [-0.05, 0) is 27.8 Å². The van der Waals surface area contributed by atoms with Crippen LogP contribution in [0.5, 0.6) is 0 Å². The van der Waals surface area contributed by atoms with Gasteiger partial charge in [-0.25, -0.2) is 0 Å². The van der Waals surface area contributed by atoms with E-state index in [0.29, 0.717) is 19.6 Å². The van der Waals surface area contributed by atoms with Crippen molar-refractivity contribution >= 4 is 5.91 Å². The highest BCUT2D eigenvalue weighted by molar-refractivity contribution is 5.78. The topological polar surface area (TPSA) is 43.8 Å². The van der Waals surface area contributed by atoms with E-state index in [-0.39, 0.29) is 18.6 Å². The molecule has 0 saturated heterocycles. The molecule has 0 aromatic carbocycles. The average Bonchev–Trinajstić information content (AvgIpc) is 2.23. The predicted molar refractivity (Wildman–Crippen MR) is 66.2 cm³/mol. The van der Waals surface area contributed by atoms with Crippen LogP contribution >= 0.6 is 0 Å². The van der Waals surface area contributed by atoms with E-state index in [1.165, 1.54) is 0 Å². The van der Waals surface area contributed by atoms with Crippen LogP contribution in [-0.4, -0.2) is 60.1 Å². The molecule has 0 aromatic heterocycles. The van der Waals surface area contributed by atoms with E-state index < -0.39 is 0 Å². The number of rotatable bonds is 7. The quantitative estimate of drug-likeness (QED) is 0.653. The molecule has 0 aliphatic carbocycles. The van der Waals surface area contributed by atoms with E-state index in [2.05, 4.69) is 6.58 Å². The maximum absolute atomic E-state index is 11.9. The van der Waals surface area contributed by atoms with Gasteiger partial charge in [0.15, 0.2) is 0 Å². The van der Waals surface area contributed by atoms with Crippen molar-refractivity contribution in [1.29, 1.82) is 0 Å². The Kier molecular flexibility index (Phi) is 7.01. The van der Waals surface area contributed by atoms with Crippen molar-refractivity contribution in [2.45, 2.75) is 26.8 Å². The molecule has 4 nitrogen and oxygen atoms in total. The van der Waals surface area contributed by atoms with Gasteiger partial charge in [-0.3, -0.25) is 9.69 Å². The van der Waals surface area contributed by atoms with E-state index >= 15 is 0 Å². The van der Waals surface area contributed by atoms with Crippen LogP contribution in [0.15, 0.2) is 12.2 Å². The molecule has 0 rings (SSSR count). The second kappa shape index (κ2) is 7.41. The Balaban J connectivity index is 4.25. The molecule has 4 heteroatoms. The highest BCUT2D eigenvalue weighted by atomic mass is 16.3. The number of likely N-dealkylation sites (N-methyl/N-ethyl adjacent to an activating group) is 2. The van der Waals surface area contributed by atoms with Crippen LogP contribution in [-0.2, 0) is 4.79 Å². The Hall–Kier alpha value is -0.870. The zero-order chi connectivity index (χ0) is 12.7. The van der Waals surface area contributed by atoms with E-state index in [9.17, 15) is 4.79 Å². The molecule has 0 spiro atoms. The summed E-state index contributed by atoms with van der Waals surface area (Å²) < 4.78 is 0. The summed E-state index contributed by atoms with van der Waals surface area (Å²) in [7, 11) is 1.84. The summed E-state index contributed by atoms with van der Waals surface area (Å²) in [6, 6.07) is 0.00693. The zero-order valence-corrected chi connectivity index (χ0v) is 10.9. The van der Waals surface area contributed by atoms with Crippen LogP contribution in [0.4, 0.5) is 0 Å². The Morgan fingerprint density at radius 1 is 1.44 bits per heavy atom. The summed E-state index contributed by atoms with van der Waals surface area (Å²) in [5.74, 6) is 0.0771. The smallest absolute Gasteiger partial charge is 0.237 e. The van der Waals surface area contributed by atoms with Crippen LogP contribution < -0.4 is 0 Å². The minimum Gasteiger partial charge on any atom is -0.395 e. The fourth-order valence-corrected chi connectivity index (χ4v) is 1.31. The molecule has 0 heterocycles. The first-order valence-corrected chi connectivity index (χ1v) is 5.65. The van der Waals surface area contributed by atoms with E-state index in [4.69, 9.17) is 5.11 Å². The summed E-state index contributed by atoms with van der Waals surface area (Å²) in [4.78, 5) is 15.5. The van der Waals surface area contributed by atoms with Crippen molar-refractivity contribution in [3.05, 3.63) is 12.2 Å². The Morgan fingerprint density at radius 3 is 2.38 bits per heavy atom. The molecular formula is C12H24N2O2. The molecule has 1 atom stereocenters. The molecular weight excluding hydrogens is 204 g/mol. The van der Waals surface area contributed by atoms with Gasteiger partial charge in [-0.2, -0.15) is 0 Å². The molecule has 0 aliphatic heterocycles. The highest BCUT2D eigenvalue weighted by Crippen LogP contribution is 2.00. The van der Waals surface area contributed by atoms with Gasteiger partial charge in [0.25, 0.3) is 0 Å². The maximum atomic E-state index is 11.9. The van der Waals surface area contributed by atoms with E-state index in [1.807, 2.05) is 32.7 Å². The third-order valence-electron chi connectivity index (χ3n) is 2.60.